The van der Waals surface area contributed by atoms with Gasteiger partial charge in [0.2, 0.25) is 11.7 Å². The first-order valence-electron chi connectivity index (χ1n) is 8.88. The molecule has 1 amide bonds. The summed E-state index contributed by atoms with van der Waals surface area (Å²) in [5.41, 5.74) is 1.81. The van der Waals surface area contributed by atoms with E-state index in [1.807, 2.05) is 0 Å². The number of aromatic hydroxyl groups is 1. The Morgan fingerprint density at radius 3 is 2.31 bits per heavy atom. The van der Waals surface area contributed by atoms with Gasteiger partial charge in [-0.15, -0.1) is 0 Å². The van der Waals surface area contributed by atoms with Crippen molar-refractivity contribution < 1.29 is 33.3 Å². The van der Waals surface area contributed by atoms with Crippen LogP contribution < -0.4 is 14.4 Å². The highest BCUT2D eigenvalue weighted by Gasteiger charge is 2.43. The fraction of sp³-hybridized carbons (Fsp3) is 0.238. The molecule has 4 rings (SSSR count). The zero-order chi connectivity index (χ0) is 20.7. The van der Waals surface area contributed by atoms with Gasteiger partial charge in [-0.05, 0) is 42.0 Å². The van der Waals surface area contributed by atoms with Gasteiger partial charge in [-0.3, -0.25) is 9.69 Å². The van der Waals surface area contributed by atoms with Crippen molar-refractivity contribution in [1.29, 1.82) is 0 Å². The van der Waals surface area contributed by atoms with Gasteiger partial charge in [0.25, 0.3) is 0 Å². The molecule has 1 N–H and O–H groups in total. The maximum Gasteiger partial charge on any atom is 0.336 e. The molecule has 0 unspecified atom stereocenters. The zero-order valence-corrected chi connectivity index (χ0v) is 15.8. The quantitative estimate of drug-likeness (QED) is 0.796. The number of nitrogens with zero attached hydrogens (tertiary/aromatic N) is 1. The van der Waals surface area contributed by atoms with Crippen molar-refractivity contribution >= 4 is 17.6 Å². The Labute approximate surface area is 165 Å². The number of methoxy groups -OCH3 is 2. The van der Waals surface area contributed by atoms with Crippen LogP contribution in [0.3, 0.4) is 0 Å². The molecule has 2 aliphatic rings. The molecule has 0 fully saturated rings. The summed E-state index contributed by atoms with van der Waals surface area (Å²) < 4.78 is 28.9. The van der Waals surface area contributed by atoms with Crippen LogP contribution in [0.2, 0.25) is 0 Å². The van der Waals surface area contributed by atoms with Crippen molar-refractivity contribution in [3.8, 4) is 17.2 Å². The third-order valence-electron chi connectivity index (χ3n) is 5.11. The van der Waals surface area contributed by atoms with Gasteiger partial charge in [-0.1, -0.05) is 0 Å². The minimum absolute atomic E-state index is 0.0115. The highest BCUT2D eigenvalue weighted by Crippen LogP contribution is 2.46. The van der Waals surface area contributed by atoms with Crippen LogP contribution in [0.15, 0.2) is 47.7 Å². The molecule has 0 saturated heterocycles. The van der Waals surface area contributed by atoms with Crippen LogP contribution in [-0.4, -0.2) is 37.8 Å². The van der Waals surface area contributed by atoms with E-state index in [1.54, 1.807) is 12.1 Å². The molecule has 2 heterocycles. The van der Waals surface area contributed by atoms with Crippen LogP contribution in [-0.2, 0) is 14.3 Å². The van der Waals surface area contributed by atoms with Crippen molar-refractivity contribution in [2.45, 2.75) is 12.3 Å². The first-order chi connectivity index (χ1) is 13.9. The average Bonchev–Trinajstić information content (AvgIpc) is 3.10. The Balaban J connectivity index is 1.84. The molecule has 1 atom stereocenters. The third-order valence-corrected chi connectivity index (χ3v) is 5.11. The number of esters is 1. The molecular weight excluding hydrogens is 381 g/mol. The largest absolute Gasteiger partial charge is 0.502 e. The monoisotopic (exact) mass is 399 g/mol. The van der Waals surface area contributed by atoms with Gasteiger partial charge in [-0.25, -0.2) is 9.18 Å². The van der Waals surface area contributed by atoms with Gasteiger partial charge >= 0.3 is 5.97 Å². The van der Waals surface area contributed by atoms with Crippen molar-refractivity contribution in [1.82, 2.24) is 0 Å². The number of carbonyl (C=O) groups excluding carboxylic acids is 2. The first-order valence-corrected chi connectivity index (χ1v) is 8.88. The van der Waals surface area contributed by atoms with Crippen molar-refractivity contribution in [3.63, 3.8) is 0 Å². The van der Waals surface area contributed by atoms with Crippen LogP contribution in [0.1, 0.15) is 17.9 Å². The third kappa shape index (κ3) is 3.06. The van der Waals surface area contributed by atoms with E-state index in [0.717, 1.165) is 0 Å². The summed E-state index contributed by atoms with van der Waals surface area (Å²) in [6.07, 6.45) is -0.0115. The Hall–Kier alpha value is -3.55. The molecule has 0 saturated carbocycles. The van der Waals surface area contributed by atoms with E-state index in [0.29, 0.717) is 22.5 Å². The van der Waals surface area contributed by atoms with Gasteiger partial charge < -0.3 is 19.3 Å². The number of amides is 1. The number of rotatable bonds is 4. The number of phenols is 1. The van der Waals surface area contributed by atoms with E-state index in [-0.39, 0.29) is 36.2 Å². The number of ether oxygens (including phenoxy) is 3. The van der Waals surface area contributed by atoms with Gasteiger partial charge in [0.15, 0.2) is 11.5 Å². The normalized spacial score (nSPS) is 18.6. The minimum atomic E-state index is -0.590. The summed E-state index contributed by atoms with van der Waals surface area (Å²) in [6.45, 7) is -0.0554. The lowest BCUT2D eigenvalue weighted by Gasteiger charge is -2.32. The molecule has 2 aromatic carbocycles. The number of halogens is 1. The lowest BCUT2D eigenvalue weighted by Crippen LogP contribution is -2.37. The second-order valence-electron chi connectivity index (χ2n) is 6.67. The van der Waals surface area contributed by atoms with Gasteiger partial charge in [0.1, 0.15) is 12.4 Å². The van der Waals surface area contributed by atoms with E-state index >= 15 is 0 Å². The number of carbonyl (C=O) groups is 2. The molecule has 29 heavy (non-hydrogen) atoms. The molecule has 0 radical (unpaired) electrons. The maximum absolute atomic E-state index is 13.3. The van der Waals surface area contributed by atoms with E-state index in [9.17, 15) is 19.1 Å². The number of benzene rings is 2. The molecule has 8 heteroatoms. The molecular formula is C21H18FNO6. The first kappa shape index (κ1) is 18.8. The van der Waals surface area contributed by atoms with Crippen LogP contribution in [0.5, 0.6) is 17.2 Å². The van der Waals surface area contributed by atoms with Crippen molar-refractivity contribution in [2.75, 3.05) is 25.7 Å². The summed E-state index contributed by atoms with van der Waals surface area (Å²) in [5, 5.41) is 10.2. The van der Waals surface area contributed by atoms with E-state index in [4.69, 9.17) is 14.2 Å². The maximum atomic E-state index is 13.3. The van der Waals surface area contributed by atoms with Crippen LogP contribution in [0.4, 0.5) is 10.1 Å². The van der Waals surface area contributed by atoms with Gasteiger partial charge in [0, 0.05) is 18.0 Å². The Morgan fingerprint density at radius 1 is 1.10 bits per heavy atom. The molecule has 0 aromatic heterocycles. The number of hydrogen-bond donors (Lipinski definition) is 1. The fourth-order valence-electron chi connectivity index (χ4n) is 3.74. The Morgan fingerprint density at radius 2 is 1.72 bits per heavy atom. The van der Waals surface area contributed by atoms with Crippen molar-refractivity contribution in [2.24, 2.45) is 0 Å². The molecule has 2 aliphatic heterocycles. The number of cyclic esters (lactones) is 1. The predicted octanol–water partition coefficient (Wildman–Crippen LogP) is 2.88. The van der Waals surface area contributed by atoms with Crippen LogP contribution in [0, 0.1) is 5.82 Å². The number of phenolic OH excluding ortho intramolecular Hbond substituents is 1. The SMILES string of the molecule is COc1cc([C@@H]2CC(=O)N(c3ccc(F)cc3)C3=C2C(=O)OC3)cc(OC)c1O. The second kappa shape index (κ2) is 7.12. The smallest absolute Gasteiger partial charge is 0.336 e. The molecule has 150 valence electrons. The lowest BCUT2D eigenvalue weighted by molar-refractivity contribution is -0.136. The fourth-order valence-corrected chi connectivity index (χ4v) is 3.74. The Bertz CT molecular complexity index is 1000. The summed E-state index contributed by atoms with van der Waals surface area (Å²) >= 11 is 0. The summed E-state index contributed by atoms with van der Waals surface area (Å²) in [6, 6.07) is 8.60. The summed E-state index contributed by atoms with van der Waals surface area (Å²) in [7, 11) is 2.80. The van der Waals surface area contributed by atoms with Gasteiger partial charge in [-0.2, -0.15) is 0 Å². The summed E-state index contributed by atoms with van der Waals surface area (Å²) in [4.78, 5) is 26.9. The van der Waals surface area contributed by atoms with E-state index in [1.165, 1.54) is 43.4 Å². The van der Waals surface area contributed by atoms with Crippen LogP contribution >= 0.6 is 0 Å². The average molecular weight is 399 g/mol. The standard InChI is InChI=1S/C21H18FNO6/c1-27-16-7-11(8-17(28-2)20(16)25)14-9-18(24)23(13-5-3-12(22)4-6-13)15-10-29-21(26)19(14)15/h3-8,14,25H,9-10H2,1-2H3/t14-/m0/s1. The summed E-state index contributed by atoms with van der Waals surface area (Å²) in [5.74, 6) is -1.63. The molecule has 7 nitrogen and oxygen atoms in total. The topological polar surface area (TPSA) is 85.3 Å². The molecule has 0 aliphatic carbocycles. The Kier molecular flexibility index (Phi) is 4.62. The predicted molar refractivity (Wildman–Crippen MR) is 100 cm³/mol. The number of hydrogen-bond acceptors (Lipinski definition) is 6. The van der Waals surface area contributed by atoms with Crippen LogP contribution in [0.25, 0.3) is 0 Å². The highest BCUT2D eigenvalue weighted by atomic mass is 19.1. The van der Waals surface area contributed by atoms with E-state index < -0.39 is 17.7 Å². The second-order valence-corrected chi connectivity index (χ2v) is 6.67. The molecule has 2 aromatic rings. The van der Waals surface area contributed by atoms with E-state index in [2.05, 4.69) is 0 Å². The highest BCUT2D eigenvalue weighted by molar-refractivity contribution is 6.06. The number of anilines is 1. The van der Waals surface area contributed by atoms with Gasteiger partial charge in [0.05, 0.1) is 25.5 Å². The lowest BCUT2D eigenvalue weighted by atomic mass is 9.83. The zero-order valence-electron chi connectivity index (χ0n) is 15.8. The minimum Gasteiger partial charge on any atom is -0.502 e. The molecule has 0 spiro atoms. The van der Waals surface area contributed by atoms with Crippen molar-refractivity contribution in [3.05, 3.63) is 59.0 Å². The molecule has 0 bridgehead atoms.